The molecule has 0 bridgehead atoms. The van der Waals surface area contributed by atoms with E-state index >= 15 is 0 Å². The third-order valence-electron chi connectivity index (χ3n) is 4.52. The Balaban J connectivity index is 1.55. The predicted octanol–water partition coefficient (Wildman–Crippen LogP) is 6.26. The molecule has 1 amide bonds. The van der Waals surface area contributed by atoms with Crippen LogP contribution < -0.4 is 10.8 Å². The van der Waals surface area contributed by atoms with Crippen molar-refractivity contribution in [3.8, 4) is 0 Å². The number of benzene rings is 3. The van der Waals surface area contributed by atoms with Crippen molar-refractivity contribution in [2.75, 3.05) is 11.9 Å². The number of anilines is 1. The molecule has 0 spiro atoms. The standard InChI is InChI=1S/C22H13Br2F3N4O2/c23-11-5-7-16-13(9-11)21(12-3-1-2-4-14(12)24)28-10-18(29-16)31-33-22(32)30-17-8-6-15(25)19(26)20(17)27/h1-9H,10H2,(H,29,31)(H,30,32). The van der Waals surface area contributed by atoms with Gasteiger partial charge in [0.25, 0.3) is 0 Å². The number of amidine groups is 1. The van der Waals surface area contributed by atoms with Crippen LogP contribution in [0.1, 0.15) is 11.1 Å². The van der Waals surface area contributed by atoms with Crippen molar-refractivity contribution >= 4 is 60.9 Å². The van der Waals surface area contributed by atoms with Gasteiger partial charge >= 0.3 is 6.09 Å². The molecule has 0 saturated heterocycles. The Morgan fingerprint density at radius 2 is 1.76 bits per heavy atom. The Bertz CT molecular complexity index is 1310. The Hall–Kier alpha value is -3.18. The van der Waals surface area contributed by atoms with Crippen molar-refractivity contribution in [3.05, 3.63) is 92.1 Å². The van der Waals surface area contributed by atoms with E-state index in [1.807, 2.05) is 41.7 Å². The molecule has 168 valence electrons. The maximum Gasteiger partial charge on any atom is 0.436 e. The van der Waals surface area contributed by atoms with E-state index in [0.29, 0.717) is 17.5 Å². The minimum absolute atomic E-state index is 0.0375. The molecule has 3 aromatic carbocycles. The first-order chi connectivity index (χ1) is 15.8. The molecule has 1 heterocycles. The molecule has 0 radical (unpaired) electrons. The average Bonchev–Trinajstić information content (AvgIpc) is 2.97. The number of hydroxylamine groups is 1. The van der Waals surface area contributed by atoms with E-state index < -0.39 is 29.2 Å². The van der Waals surface area contributed by atoms with Gasteiger partial charge in [-0.25, -0.2) is 28.4 Å². The van der Waals surface area contributed by atoms with Gasteiger partial charge in [0.15, 0.2) is 23.3 Å². The van der Waals surface area contributed by atoms with Crippen molar-refractivity contribution < 1.29 is 22.8 Å². The van der Waals surface area contributed by atoms with E-state index in [4.69, 9.17) is 4.84 Å². The van der Waals surface area contributed by atoms with Crippen LogP contribution >= 0.6 is 31.9 Å². The van der Waals surface area contributed by atoms with Crippen molar-refractivity contribution in [1.29, 1.82) is 0 Å². The quantitative estimate of drug-likeness (QED) is 0.277. The predicted molar refractivity (Wildman–Crippen MR) is 125 cm³/mol. The molecule has 0 aromatic heterocycles. The van der Waals surface area contributed by atoms with Gasteiger partial charge in [0, 0.05) is 20.1 Å². The van der Waals surface area contributed by atoms with Gasteiger partial charge in [0.05, 0.1) is 17.1 Å². The maximum atomic E-state index is 13.8. The second-order valence-electron chi connectivity index (χ2n) is 6.70. The molecular formula is C22H13Br2F3N4O2. The van der Waals surface area contributed by atoms with Crippen LogP contribution in [0, 0.1) is 17.5 Å². The normalized spacial score (nSPS) is 12.8. The lowest BCUT2D eigenvalue weighted by Gasteiger charge is -2.10. The minimum atomic E-state index is -1.70. The molecule has 0 unspecified atom stereocenters. The summed E-state index contributed by atoms with van der Waals surface area (Å²) in [5.41, 5.74) is 4.66. The molecular weight excluding hydrogens is 569 g/mol. The molecule has 3 aromatic rings. The average molecular weight is 582 g/mol. The summed E-state index contributed by atoms with van der Waals surface area (Å²) in [6, 6.07) is 14.6. The Labute approximate surface area is 202 Å². The fourth-order valence-corrected chi connectivity index (χ4v) is 3.85. The Kier molecular flexibility index (Phi) is 6.80. The molecule has 11 heteroatoms. The first kappa shape index (κ1) is 23.0. The zero-order chi connectivity index (χ0) is 23.5. The highest BCUT2D eigenvalue weighted by Crippen LogP contribution is 2.30. The lowest BCUT2D eigenvalue weighted by Crippen LogP contribution is -2.31. The fourth-order valence-electron chi connectivity index (χ4n) is 3.02. The second kappa shape index (κ2) is 9.75. The summed E-state index contributed by atoms with van der Waals surface area (Å²) in [5, 5.41) is 1.99. The first-order valence-corrected chi connectivity index (χ1v) is 11.0. The van der Waals surface area contributed by atoms with Gasteiger partial charge in [-0.2, -0.15) is 0 Å². The van der Waals surface area contributed by atoms with Crippen molar-refractivity contribution in [3.63, 3.8) is 0 Å². The number of hydrogen-bond acceptors (Lipinski definition) is 5. The number of amides is 1. The summed E-state index contributed by atoms with van der Waals surface area (Å²) in [7, 11) is 0. The lowest BCUT2D eigenvalue weighted by atomic mass is 10.0. The van der Waals surface area contributed by atoms with Gasteiger partial charge in [0.1, 0.15) is 6.54 Å². The van der Waals surface area contributed by atoms with Crippen molar-refractivity contribution in [1.82, 2.24) is 5.48 Å². The molecule has 1 aliphatic rings. The Morgan fingerprint density at radius 3 is 2.55 bits per heavy atom. The number of carbonyl (C=O) groups is 1. The highest BCUT2D eigenvalue weighted by atomic mass is 79.9. The topological polar surface area (TPSA) is 75.1 Å². The van der Waals surface area contributed by atoms with Crippen LogP contribution in [0.4, 0.5) is 29.3 Å². The highest BCUT2D eigenvalue weighted by Gasteiger charge is 2.20. The highest BCUT2D eigenvalue weighted by molar-refractivity contribution is 9.10. The van der Waals surface area contributed by atoms with Crippen LogP contribution in [-0.2, 0) is 4.84 Å². The number of carbonyl (C=O) groups excluding carboxylic acids is 1. The van der Waals surface area contributed by atoms with Crippen molar-refractivity contribution in [2.24, 2.45) is 9.98 Å². The van der Waals surface area contributed by atoms with E-state index in [2.05, 4.69) is 47.3 Å². The number of rotatable bonds is 2. The smallest absolute Gasteiger partial charge is 0.323 e. The number of hydrogen-bond donors (Lipinski definition) is 2. The summed E-state index contributed by atoms with van der Waals surface area (Å²) in [6.07, 6.45) is -1.15. The van der Waals surface area contributed by atoms with Gasteiger partial charge in [0.2, 0.25) is 0 Å². The van der Waals surface area contributed by atoms with E-state index in [1.54, 1.807) is 6.07 Å². The number of nitrogens with one attached hydrogen (secondary N) is 2. The molecule has 4 rings (SSSR count). The molecule has 2 N–H and O–H groups in total. The molecule has 33 heavy (non-hydrogen) atoms. The minimum Gasteiger partial charge on any atom is -0.323 e. The van der Waals surface area contributed by atoms with Crippen LogP contribution in [0.2, 0.25) is 0 Å². The summed E-state index contributed by atoms with van der Waals surface area (Å²) in [4.78, 5) is 26.0. The summed E-state index contributed by atoms with van der Waals surface area (Å²) < 4.78 is 41.8. The van der Waals surface area contributed by atoms with Gasteiger partial charge in [-0.1, -0.05) is 50.1 Å². The molecule has 6 nitrogen and oxygen atoms in total. The van der Waals surface area contributed by atoms with E-state index in [1.165, 1.54) is 0 Å². The van der Waals surface area contributed by atoms with Crippen LogP contribution in [0.5, 0.6) is 0 Å². The van der Waals surface area contributed by atoms with Gasteiger partial charge in [-0.15, -0.1) is 0 Å². The first-order valence-electron chi connectivity index (χ1n) is 9.37. The third-order valence-corrected chi connectivity index (χ3v) is 5.70. The van der Waals surface area contributed by atoms with Crippen LogP contribution in [-0.4, -0.2) is 24.2 Å². The molecule has 1 aliphatic heterocycles. The van der Waals surface area contributed by atoms with E-state index in [-0.39, 0.29) is 12.4 Å². The van der Waals surface area contributed by atoms with Crippen LogP contribution in [0.15, 0.2) is 73.5 Å². The molecule has 0 atom stereocenters. The number of nitrogens with zero attached hydrogens (tertiary/aromatic N) is 2. The largest absolute Gasteiger partial charge is 0.436 e. The Morgan fingerprint density at radius 1 is 0.970 bits per heavy atom. The molecule has 0 aliphatic carbocycles. The van der Waals surface area contributed by atoms with Crippen LogP contribution in [0.3, 0.4) is 0 Å². The summed E-state index contributed by atoms with van der Waals surface area (Å²) >= 11 is 6.99. The molecule has 0 fully saturated rings. The second-order valence-corrected chi connectivity index (χ2v) is 8.47. The monoisotopic (exact) mass is 580 g/mol. The fraction of sp³-hybridized carbons (Fsp3) is 0.0455. The zero-order valence-corrected chi connectivity index (χ0v) is 19.7. The van der Waals surface area contributed by atoms with Gasteiger partial charge in [-0.05, 0) is 36.4 Å². The van der Waals surface area contributed by atoms with Crippen LogP contribution in [0.25, 0.3) is 0 Å². The lowest BCUT2D eigenvalue weighted by molar-refractivity contribution is 0.134. The third kappa shape index (κ3) is 5.09. The maximum absolute atomic E-state index is 13.8. The zero-order valence-electron chi connectivity index (χ0n) is 16.5. The van der Waals surface area contributed by atoms with Crippen molar-refractivity contribution in [2.45, 2.75) is 0 Å². The summed E-state index contributed by atoms with van der Waals surface area (Å²) in [5.74, 6) is -4.42. The summed E-state index contributed by atoms with van der Waals surface area (Å²) in [6.45, 7) is 0.0375. The van der Waals surface area contributed by atoms with Gasteiger partial charge < -0.3 is 4.84 Å². The number of aliphatic imine (C=N–C) groups is 2. The molecule has 0 saturated carbocycles. The van der Waals surface area contributed by atoms with E-state index in [9.17, 15) is 18.0 Å². The van der Waals surface area contributed by atoms with Gasteiger partial charge in [-0.3, -0.25) is 10.3 Å². The van der Waals surface area contributed by atoms with E-state index in [0.717, 1.165) is 26.1 Å². The SMILES string of the molecule is O=C(Nc1ccc(F)c(F)c1F)ONC1=Nc2ccc(Br)cc2C(c2ccccc2Br)=NC1. The number of halogens is 5. The number of fused-ring (bicyclic) bond motifs is 1.